The van der Waals surface area contributed by atoms with Crippen LogP contribution in [-0.4, -0.2) is 29.8 Å². The van der Waals surface area contributed by atoms with Gasteiger partial charge in [0.25, 0.3) is 0 Å². The lowest BCUT2D eigenvalue weighted by Crippen LogP contribution is -2.44. The van der Waals surface area contributed by atoms with E-state index in [0.29, 0.717) is 6.42 Å². The summed E-state index contributed by atoms with van der Waals surface area (Å²) >= 11 is 0. The van der Waals surface area contributed by atoms with E-state index in [0.717, 1.165) is 18.4 Å². The zero-order chi connectivity index (χ0) is 16.0. The van der Waals surface area contributed by atoms with Gasteiger partial charge in [-0.2, -0.15) is 0 Å². The van der Waals surface area contributed by atoms with Crippen molar-refractivity contribution in [2.24, 2.45) is 0 Å². The predicted molar refractivity (Wildman–Crippen MR) is 86.4 cm³/mol. The van der Waals surface area contributed by atoms with Crippen molar-refractivity contribution in [1.82, 2.24) is 5.32 Å². The molecule has 0 bridgehead atoms. The lowest BCUT2D eigenvalue weighted by Gasteiger charge is -2.26. The van der Waals surface area contributed by atoms with Crippen molar-refractivity contribution in [2.45, 2.75) is 63.8 Å². The second-order valence-electron chi connectivity index (χ2n) is 6.30. The molecule has 2 unspecified atom stereocenters. The normalized spacial score (nSPS) is 19.6. The standard InChI is InChI=1S/C18H27NO3/c1-3-16(22-15-11-7-8-12-15)17(20)19-13-18(2,21)14-9-5-4-6-10-14/h4-6,9-10,15-16,21H,3,7-8,11-13H2,1-2H3,(H,19,20). The molecule has 1 saturated carbocycles. The maximum atomic E-state index is 12.3. The zero-order valence-electron chi connectivity index (χ0n) is 13.5. The van der Waals surface area contributed by atoms with Crippen LogP contribution >= 0.6 is 0 Å². The van der Waals surface area contributed by atoms with Crippen molar-refractivity contribution in [2.75, 3.05) is 6.54 Å². The SMILES string of the molecule is CCC(OC1CCCC1)C(=O)NCC(C)(O)c1ccccc1. The maximum Gasteiger partial charge on any atom is 0.249 e. The van der Waals surface area contributed by atoms with E-state index >= 15 is 0 Å². The molecule has 1 aliphatic rings. The van der Waals surface area contributed by atoms with Crippen LogP contribution in [0.1, 0.15) is 51.5 Å². The van der Waals surface area contributed by atoms with Crippen molar-refractivity contribution in [3.63, 3.8) is 0 Å². The highest BCUT2D eigenvalue weighted by atomic mass is 16.5. The van der Waals surface area contributed by atoms with Crippen molar-refractivity contribution in [1.29, 1.82) is 0 Å². The summed E-state index contributed by atoms with van der Waals surface area (Å²) < 4.78 is 5.90. The predicted octanol–water partition coefficient (Wildman–Crippen LogP) is 2.75. The molecule has 2 atom stereocenters. The van der Waals surface area contributed by atoms with Crippen LogP contribution in [0.3, 0.4) is 0 Å². The topological polar surface area (TPSA) is 58.6 Å². The molecular formula is C18H27NO3. The van der Waals surface area contributed by atoms with Crippen LogP contribution in [0.2, 0.25) is 0 Å². The second-order valence-corrected chi connectivity index (χ2v) is 6.30. The van der Waals surface area contributed by atoms with E-state index in [1.165, 1.54) is 12.8 Å². The van der Waals surface area contributed by atoms with E-state index in [1.807, 2.05) is 37.3 Å². The van der Waals surface area contributed by atoms with E-state index in [9.17, 15) is 9.90 Å². The molecule has 4 nitrogen and oxygen atoms in total. The quantitative estimate of drug-likeness (QED) is 0.814. The second kappa shape index (κ2) is 7.75. The Morgan fingerprint density at radius 3 is 2.59 bits per heavy atom. The molecule has 2 N–H and O–H groups in total. The molecule has 122 valence electrons. The van der Waals surface area contributed by atoms with Crippen LogP contribution in [0.15, 0.2) is 30.3 Å². The lowest BCUT2D eigenvalue weighted by atomic mass is 9.96. The third-order valence-corrected chi connectivity index (χ3v) is 4.32. The number of nitrogens with one attached hydrogen (secondary N) is 1. The smallest absolute Gasteiger partial charge is 0.249 e. The number of hydrogen-bond acceptors (Lipinski definition) is 3. The average molecular weight is 305 g/mol. The van der Waals surface area contributed by atoms with Crippen molar-refractivity contribution < 1.29 is 14.6 Å². The minimum absolute atomic E-state index is 0.134. The molecule has 0 saturated heterocycles. The van der Waals surface area contributed by atoms with Crippen LogP contribution in [0, 0.1) is 0 Å². The van der Waals surface area contributed by atoms with Gasteiger partial charge < -0.3 is 15.2 Å². The molecule has 0 aromatic heterocycles. The van der Waals surface area contributed by atoms with Crippen LogP contribution in [0.5, 0.6) is 0 Å². The number of aliphatic hydroxyl groups is 1. The highest BCUT2D eigenvalue weighted by Gasteiger charge is 2.27. The molecule has 1 fully saturated rings. The minimum Gasteiger partial charge on any atom is -0.384 e. The third kappa shape index (κ3) is 4.55. The van der Waals surface area contributed by atoms with Crippen molar-refractivity contribution >= 4 is 5.91 Å². The molecule has 4 heteroatoms. The van der Waals surface area contributed by atoms with Gasteiger partial charge in [0.1, 0.15) is 11.7 Å². The van der Waals surface area contributed by atoms with Gasteiger partial charge in [-0.25, -0.2) is 0 Å². The van der Waals surface area contributed by atoms with Gasteiger partial charge in [-0.05, 0) is 31.7 Å². The van der Waals surface area contributed by atoms with Gasteiger partial charge in [-0.15, -0.1) is 0 Å². The highest BCUT2D eigenvalue weighted by molar-refractivity contribution is 5.80. The van der Waals surface area contributed by atoms with Gasteiger partial charge >= 0.3 is 0 Å². The fourth-order valence-corrected chi connectivity index (χ4v) is 2.87. The summed E-state index contributed by atoms with van der Waals surface area (Å²) in [6.07, 6.45) is 4.91. The van der Waals surface area contributed by atoms with Crippen molar-refractivity contribution in [3.05, 3.63) is 35.9 Å². The summed E-state index contributed by atoms with van der Waals surface area (Å²) in [6.45, 7) is 3.84. The number of rotatable bonds is 7. The summed E-state index contributed by atoms with van der Waals surface area (Å²) in [4.78, 5) is 12.3. The molecule has 1 aromatic rings. The first-order valence-electron chi connectivity index (χ1n) is 8.24. The first kappa shape index (κ1) is 17.0. The van der Waals surface area contributed by atoms with Crippen LogP contribution < -0.4 is 5.32 Å². The molecule has 2 rings (SSSR count). The zero-order valence-corrected chi connectivity index (χ0v) is 13.5. The number of amides is 1. The van der Waals surface area contributed by atoms with Gasteiger partial charge in [0.05, 0.1) is 12.6 Å². The molecule has 0 aliphatic heterocycles. The molecule has 1 aliphatic carbocycles. The van der Waals surface area contributed by atoms with Gasteiger partial charge in [-0.3, -0.25) is 4.79 Å². The summed E-state index contributed by atoms with van der Waals surface area (Å²) in [7, 11) is 0. The number of carbonyl (C=O) groups is 1. The summed E-state index contributed by atoms with van der Waals surface area (Å²) in [6, 6.07) is 9.38. The Morgan fingerprint density at radius 2 is 2.00 bits per heavy atom. The summed E-state index contributed by atoms with van der Waals surface area (Å²) in [5, 5.41) is 13.4. The van der Waals surface area contributed by atoms with E-state index < -0.39 is 11.7 Å². The molecule has 0 heterocycles. The first-order chi connectivity index (χ1) is 10.5. The van der Waals surface area contributed by atoms with E-state index in [-0.39, 0.29) is 18.6 Å². The van der Waals surface area contributed by atoms with E-state index in [2.05, 4.69) is 5.32 Å². The average Bonchev–Trinajstić information content (AvgIpc) is 3.04. The third-order valence-electron chi connectivity index (χ3n) is 4.32. The van der Waals surface area contributed by atoms with E-state index in [1.54, 1.807) is 6.92 Å². The Hall–Kier alpha value is -1.39. The minimum atomic E-state index is -1.08. The maximum absolute atomic E-state index is 12.3. The Balaban J connectivity index is 1.87. The molecule has 1 aromatic carbocycles. The molecule has 22 heavy (non-hydrogen) atoms. The fourth-order valence-electron chi connectivity index (χ4n) is 2.87. The highest BCUT2D eigenvalue weighted by Crippen LogP contribution is 2.23. The summed E-state index contributed by atoms with van der Waals surface area (Å²) in [5.74, 6) is -0.134. The monoisotopic (exact) mass is 305 g/mol. The number of ether oxygens (including phenoxy) is 1. The Bertz CT molecular complexity index is 466. The Labute approximate surface area is 132 Å². The van der Waals surface area contributed by atoms with Gasteiger partial charge in [0, 0.05) is 0 Å². The summed E-state index contributed by atoms with van der Waals surface area (Å²) in [5.41, 5.74) is -0.289. The number of benzene rings is 1. The van der Waals surface area contributed by atoms with E-state index in [4.69, 9.17) is 4.74 Å². The molecule has 0 radical (unpaired) electrons. The number of carbonyl (C=O) groups excluding carboxylic acids is 1. The van der Waals surface area contributed by atoms with Gasteiger partial charge in [0.15, 0.2) is 0 Å². The largest absolute Gasteiger partial charge is 0.384 e. The van der Waals surface area contributed by atoms with Crippen LogP contribution in [0.25, 0.3) is 0 Å². The Kier molecular flexibility index (Phi) is 5.98. The molecule has 0 spiro atoms. The van der Waals surface area contributed by atoms with Gasteiger partial charge in [-0.1, -0.05) is 50.1 Å². The molecule has 1 amide bonds. The molecular weight excluding hydrogens is 278 g/mol. The fraction of sp³-hybridized carbons (Fsp3) is 0.611. The van der Waals surface area contributed by atoms with Crippen LogP contribution in [0.4, 0.5) is 0 Å². The first-order valence-corrected chi connectivity index (χ1v) is 8.24. The Morgan fingerprint density at radius 1 is 1.36 bits per heavy atom. The van der Waals surface area contributed by atoms with Crippen molar-refractivity contribution in [3.8, 4) is 0 Å². The van der Waals surface area contributed by atoms with Crippen LogP contribution in [-0.2, 0) is 15.1 Å². The lowest BCUT2D eigenvalue weighted by molar-refractivity contribution is -0.138. The van der Waals surface area contributed by atoms with Gasteiger partial charge in [0.2, 0.25) is 5.91 Å². The number of hydrogen-bond donors (Lipinski definition) is 2.